The van der Waals surface area contributed by atoms with Gasteiger partial charge < -0.3 is 0 Å². The van der Waals surface area contributed by atoms with Crippen LogP contribution in [0.5, 0.6) is 0 Å². The monoisotopic (exact) mass is 342 g/mol. The molecule has 0 aromatic carbocycles. The fourth-order valence-electron chi connectivity index (χ4n) is 1.65. The van der Waals surface area contributed by atoms with Gasteiger partial charge >= 0.3 is 24.2 Å². The Hall–Kier alpha value is -0.570. The largest absolute Gasteiger partial charge is 0.418 e. The van der Waals surface area contributed by atoms with Gasteiger partial charge in [-0.15, -0.1) is 0 Å². The van der Waals surface area contributed by atoms with Crippen LogP contribution in [0.15, 0.2) is 0 Å². The molecule has 9 heteroatoms. The summed E-state index contributed by atoms with van der Waals surface area (Å²) in [5.74, 6) is -5.85. The zero-order valence-corrected chi connectivity index (χ0v) is 13.0. The molecule has 0 bridgehead atoms. The molecule has 2 nitrogen and oxygen atoms in total. The fraction of sp³-hybridized carbons (Fsp3) is 1.00. The topological polar surface area (TPSA) is 18.5 Å². The van der Waals surface area contributed by atoms with Crippen molar-refractivity contribution in [1.29, 1.82) is 0 Å². The lowest BCUT2D eigenvalue weighted by Gasteiger charge is -2.35. The Balaban J connectivity index is 5.07. The molecular weight excluding hydrogens is 321 g/mol. The van der Waals surface area contributed by atoms with E-state index < -0.39 is 48.9 Å². The molecule has 0 saturated heterocycles. The van der Waals surface area contributed by atoms with Crippen molar-refractivity contribution in [2.24, 2.45) is 11.8 Å². The van der Waals surface area contributed by atoms with Crippen molar-refractivity contribution in [2.75, 3.05) is 0 Å². The van der Waals surface area contributed by atoms with Gasteiger partial charge in [0.05, 0.1) is 0 Å². The van der Waals surface area contributed by atoms with Crippen molar-refractivity contribution in [3.63, 3.8) is 0 Å². The van der Waals surface area contributed by atoms with Crippen molar-refractivity contribution in [3.8, 4) is 0 Å². The quantitative estimate of drug-likeness (QED) is 0.510. The predicted octanol–water partition coefficient (Wildman–Crippen LogP) is 5.58. The van der Waals surface area contributed by atoms with Gasteiger partial charge in [0.25, 0.3) is 0 Å². The van der Waals surface area contributed by atoms with Gasteiger partial charge in [-0.05, 0) is 11.8 Å². The molecule has 0 aliphatic rings. The molecule has 0 rings (SSSR count). The average Bonchev–Trinajstić information content (AvgIpc) is 2.06. The normalized spacial score (nSPS) is 17.2. The molecule has 22 heavy (non-hydrogen) atoms. The summed E-state index contributed by atoms with van der Waals surface area (Å²) >= 11 is 0. The SMILES string of the molecule is CC(C)CC(F)(F)OC(C)(F)C(F)(F)OC(F)(F)CC(C)C. The third-order valence-corrected chi connectivity index (χ3v) is 2.43. The molecule has 1 unspecified atom stereocenters. The maximum atomic E-state index is 13.8. The smallest absolute Gasteiger partial charge is 0.275 e. The molecule has 0 radical (unpaired) electrons. The lowest BCUT2D eigenvalue weighted by Crippen LogP contribution is -2.52. The van der Waals surface area contributed by atoms with E-state index in [1.165, 1.54) is 27.7 Å². The van der Waals surface area contributed by atoms with Gasteiger partial charge in [0.1, 0.15) is 0 Å². The number of rotatable bonds is 9. The van der Waals surface area contributed by atoms with E-state index in [9.17, 15) is 30.7 Å². The van der Waals surface area contributed by atoms with Crippen molar-refractivity contribution >= 4 is 0 Å². The third-order valence-electron chi connectivity index (χ3n) is 2.43. The van der Waals surface area contributed by atoms with Gasteiger partial charge in [0, 0.05) is 19.8 Å². The molecule has 0 fully saturated rings. The number of ether oxygens (including phenoxy) is 2. The molecular formula is C13H21F7O2. The second kappa shape index (κ2) is 6.90. The van der Waals surface area contributed by atoms with Crippen molar-refractivity contribution < 1.29 is 40.2 Å². The maximum Gasteiger partial charge on any atom is 0.418 e. The van der Waals surface area contributed by atoms with Crippen molar-refractivity contribution in [2.45, 2.75) is 71.6 Å². The van der Waals surface area contributed by atoms with Crippen LogP contribution in [-0.4, -0.2) is 24.2 Å². The first kappa shape index (κ1) is 21.4. The highest BCUT2D eigenvalue weighted by atomic mass is 19.3. The first-order valence-electron chi connectivity index (χ1n) is 6.72. The molecule has 0 aliphatic heterocycles. The van der Waals surface area contributed by atoms with Crippen LogP contribution in [0.3, 0.4) is 0 Å². The lowest BCUT2D eigenvalue weighted by molar-refractivity contribution is -0.478. The van der Waals surface area contributed by atoms with Gasteiger partial charge in [0.2, 0.25) is 0 Å². The summed E-state index contributed by atoms with van der Waals surface area (Å²) in [7, 11) is 0. The van der Waals surface area contributed by atoms with Crippen molar-refractivity contribution in [3.05, 3.63) is 0 Å². The van der Waals surface area contributed by atoms with E-state index in [1.807, 2.05) is 0 Å². The summed E-state index contributed by atoms with van der Waals surface area (Å²) in [5, 5.41) is 0. The van der Waals surface area contributed by atoms with Gasteiger partial charge in [0.15, 0.2) is 0 Å². The minimum atomic E-state index is -5.26. The van der Waals surface area contributed by atoms with Crippen molar-refractivity contribution in [1.82, 2.24) is 0 Å². The first-order chi connectivity index (χ1) is 9.50. The summed E-state index contributed by atoms with van der Waals surface area (Å²) in [5.41, 5.74) is 0. The van der Waals surface area contributed by atoms with Crippen LogP contribution in [-0.2, 0) is 9.47 Å². The van der Waals surface area contributed by atoms with Crippen LogP contribution in [0.2, 0.25) is 0 Å². The Morgan fingerprint density at radius 3 is 1.32 bits per heavy atom. The van der Waals surface area contributed by atoms with Gasteiger partial charge in [-0.25, -0.2) is 4.39 Å². The number of alkyl halides is 7. The third kappa shape index (κ3) is 7.13. The van der Waals surface area contributed by atoms with E-state index in [0.717, 1.165) is 0 Å². The Labute approximate surface area is 125 Å². The molecule has 134 valence electrons. The van der Waals surface area contributed by atoms with E-state index in [2.05, 4.69) is 9.47 Å². The number of halogens is 7. The van der Waals surface area contributed by atoms with E-state index in [1.54, 1.807) is 0 Å². The number of hydrogen-bond acceptors (Lipinski definition) is 2. The summed E-state index contributed by atoms with van der Waals surface area (Å²) in [4.78, 5) is 0. The van der Waals surface area contributed by atoms with E-state index in [0.29, 0.717) is 0 Å². The van der Waals surface area contributed by atoms with Crippen LogP contribution >= 0.6 is 0 Å². The Bertz CT molecular complexity index is 320. The maximum absolute atomic E-state index is 13.8. The van der Waals surface area contributed by atoms with Crippen LogP contribution in [0.4, 0.5) is 30.7 Å². The van der Waals surface area contributed by atoms with Crippen LogP contribution in [0.25, 0.3) is 0 Å². The summed E-state index contributed by atoms with van der Waals surface area (Å²) in [6.45, 7) is 5.19. The molecule has 0 N–H and O–H groups in total. The second-order valence-corrected chi connectivity index (χ2v) is 6.11. The average molecular weight is 342 g/mol. The van der Waals surface area contributed by atoms with E-state index >= 15 is 0 Å². The van der Waals surface area contributed by atoms with E-state index in [4.69, 9.17) is 0 Å². The van der Waals surface area contributed by atoms with Crippen LogP contribution in [0.1, 0.15) is 47.5 Å². The zero-order valence-electron chi connectivity index (χ0n) is 13.0. The summed E-state index contributed by atoms with van der Waals surface area (Å²) < 4.78 is 100. The summed E-state index contributed by atoms with van der Waals surface area (Å²) in [6.07, 6.45) is -16.1. The highest BCUT2D eigenvalue weighted by Crippen LogP contribution is 2.44. The van der Waals surface area contributed by atoms with Gasteiger partial charge in [-0.3, -0.25) is 9.47 Å². The minimum Gasteiger partial charge on any atom is -0.275 e. The predicted molar refractivity (Wildman–Crippen MR) is 65.4 cm³/mol. The van der Waals surface area contributed by atoms with Crippen LogP contribution in [0, 0.1) is 11.8 Å². The highest BCUT2D eigenvalue weighted by Gasteiger charge is 2.62. The van der Waals surface area contributed by atoms with E-state index in [-0.39, 0.29) is 6.92 Å². The van der Waals surface area contributed by atoms with Gasteiger partial charge in [-0.2, -0.15) is 26.3 Å². The Morgan fingerprint density at radius 1 is 0.682 bits per heavy atom. The highest BCUT2D eigenvalue weighted by molar-refractivity contribution is 4.78. The van der Waals surface area contributed by atoms with Gasteiger partial charge in [-0.1, -0.05) is 27.7 Å². The lowest BCUT2D eigenvalue weighted by atomic mass is 10.1. The second-order valence-electron chi connectivity index (χ2n) is 6.11. The molecule has 0 spiro atoms. The molecule has 0 heterocycles. The molecule has 0 amide bonds. The zero-order chi connectivity index (χ0) is 18.0. The molecule has 1 atom stereocenters. The summed E-state index contributed by atoms with van der Waals surface area (Å²) in [6, 6.07) is 0. The molecule has 0 aromatic heterocycles. The molecule has 0 aromatic rings. The van der Waals surface area contributed by atoms with Crippen LogP contribution < -0.4 is 0 Å². The minimum absolute atomic E-state index is 0.0767. The fourth-order valence-corrected chi connectivity index (χ4v) is 1.65. The Morgan fingerprint density at radius 2 is 1.00 bits per heavy atom. The standard InChI is InChI=1S/C13H21F7O2/c1-8(2)6-11(15,16)21-10(5,14)13(19,20)22-12(17,18)7-9(3)4/h8-9H,6-7H2,1-5H3. The first-order valence-corrected chi connectivity index (χ1v) is 6.72. The molecule has 0 saturated carbocycles. The molecule has 0 aliphatic carbocycles. The Kier molecular flexibility index (Phi) is 6.72. The number of hydrogen-bond donors (Lipinski definition) is 0.